The molecule has 7 nitrogen and oxygen atoms in total. The van der Waals surface area contributed by atoms with Gasteiger partial charge in [0.05, 0.1) is 36.8 Å². The van der Waals surface area contributed by atoms with Gasteiger partial charge in [0.25, 0.3) is 0 Å². The molecule has 0 unspecified atom stereocenters. The summed E-state index contributed by atoms with van der Waals surface area (Å²) in [5.74, 6) is -0.898. The Balaban J connectivity index is 1.69. The number of rotatable bonds is 11. The summed E-state index contributed by atoms with van der Waals surface area (Å²) in [6, 6.07) is 15.3. The summed E-state index contributed by atoms with van der Waals surface area (Å²) in [4.78, 5) is 19.2. The topological polar surface area (TPSA) is 81.5 Å². The van der Waals surface area contributed by atoms with E-state index in [1.165, 1.54) is 24.4 Å². The van der Waals surface area contributed by atoms with Crippen LogP contribution < -0.4 is 0 Å². The van der Waals surface area contributed by atoms with Crippen LogP contribution in [0.3, 0.4) is 0 Å². The summed E-state index contributed by atoms with van der Waals surface area (Å²) >= 11 is 0. The van der Waals surface area contributed by atoms with Gasteiger partial charge in [0.2, 0.25) is 20.9 Å². The molecule has 1 amide bonds. The minimum absolute atomic E-state index is 0.00581. The summed E-state index contributed by atoms with van der Waals surface area (Å²) in [5, 5.41) is -0.136. The Morgan fingerprint density at radius 1 is 1.16 bits per heavy atom. The Morgan fingerprint density at radius 3 is 2.57 bits per heavy atom. The molecule has 0 radical (unpaired) electrons. The fourth-order valence-electron chi connectivity index (χ4n) is 4.55. The van der Waals surface area contributed by atoms with Crippen LogP contribution >= 0.6 is 0 Å². The number of sulfone groups is 1. The van der Waals surface area contributed by atoms with Crippen molar-refractivity contribution in [3.63, 3.8) is 0 Å². The van der Waals surface area contributed by atoms with Crippen molar-refractivity contribution < 1.29 is 22.3 Å². The van der Waals surface area contributed by atoms with E-state index in [1.807, 2.05) is 44.2 Å². The quantitative estimate of drug-likeness (QED) is 0.364. The summed E-state index contributed by atoms with van der Waals surface area (Å²) in [6.45, 7) is 5.58. The summed E-state index contributed by atoms with van der Waals surface area (Å²) in [6.07, 6.45) is 3.71. The molecule has 0 bridgehead atoms. The number of nitrogens with zero attached hydrogens (tertiary/aromatic N) is 3. The Bertz CT molecular complexity index is 1300. The molecule has 1 aromatic heterocycles. The van der Waals surface area contributed by atoms with Crippen LogP contribution in [0.25, 0.3) is 0 Å². The van der Waals surface area contributed by atoms with Crippen molar-refractivity contribution in [2.45, 2.75) is 63.2 Å². The number of amides is 1. The highest BCUT2D eigenvalue weighted by molar-refractivity contribution is 7.90. The van der Waals surface area contributed by atoms with Gasteiger partial charge in [0, 0.05) is 25.1 Å². The number of hydrogen-bond donors (Lipinski definition) is 0. The molecule has 0 N–H and O–H groups in total. The molecule has 37 heavy (non-hydrogen) atoms. The van der Waals surface area contributed by atoms with Crippen LogP contribution in [-0.2, 0) is 38.2 Å². The minimum Gasteiger partial charge on any atom is -0.376 e. The van der Waals surface area contributed by atoms with Gasteiger partial charge in [0.15, 0.2) is 0 Å². The highest BCUT2D eigenvalue weighted by Gasteiger charge is 2.28. The smallest absolute Gasteiger partial charge is 0.228 e. The van der Waals surface area contributed by atoms with Gasteiger partial charge in [-0.05, 0) is 30.4 Å². The van der Waals surface area contributed by atoms with E-state index < -0.39 is 21.4 Å². The van der Waals surface area contributed by atoms with E-state index >= 15 is 0 Å². The molecule has 1 atom stereocenters. The van der Waals surface area contributed by atoms with Crippen LogP contribution in [0.15, 0.2) is 66.0 Å². The lowest BCUT2D eigenvalue weighted by molar-refractivity contribution is -0.134. The summed E-state index contributed by atoms with van der Waals surface area (Å²) in [7, 11) is -3.98. The van der Waals surface area contributed by atoms with Crippen LogP contribution in [-0.4, -0.2) is 48.0 Å². The number of carbonyl (C=O) groups excluding carboxylic acids is 1. The molecule has 1 fully saturated rings. The van der Waals surface area contributed by atoms with Crippen molar-refractivity contribution in [1.82, 2.24) is 14.5 Å². The third-order valence-electron chi connectivity index (χ3n) is 6.40. The zero-order chi connectivity index (χ0) is 26.4. The van der Waals surface area contributed by atoms with E-state index in [4.69, 9.17) is 4.74 Å². The standard InChI is InChI=1S/C28H34FN3O4S/c1-21(2)15-27(33)31(19-25-12-8-14-36-25)18-24-16-30-28(32(24)17-22-9-4-3-5-10-22)37(34,35)20-23-11-6-7-13-26(23)29/h3-7,9-11,13,16,21,25H,8,12,14-15,17-20H2,1-2H3/t25-/m0/s1. The number of halogens is 1. The van der Waals surface area contributed by atoms with Gasteiger partial charge in [-0.1, -0.05) is 62.4 Å². The van der Waals surface area contributed by atoms with Gasteiger partial charge >= 0.3 is 0 Å². The molecule has 4 rings (SSSR count). The Labute approximate surface area is 218 Å². The number of benzene rings is 2. The summed E-state index contributed by atoms with van der Waals surface area (Å²) < 4.78 is 48.7. The first-order chi connectivity index (χ1) is 17.7. The lowest BCUT2D eigenvalue weighted by atomic mass is 10.1. The third kappa shape index (κ3) is 7.05. The van der Waals surface area contributed by atoms with Crippen molar-refractivity contribution in [2.24, 2.45) is 5.92 Å². The molecule has 0 spiro atoms. The van der Waals surface area contributed by atoms with Crippen LogP contribution in [0.5, 0.6) is 0 Å². The van der Waals surface area contributed by atoms with Crippen molar-refractivity contribution in [1.29, 1.82) is 0 Å². The molecule has 198 valence electrons. The van der Waals surface area contributed by atoms with Gasteiger partial charge in [-0.25, -0.2) is 17.8 Å². The molecule has 9 heteroatoms. The largest absolute Gasteiger partial charge is 0.376 e. The van der Waals surface area contributed by atoms with Gasteiger partial charge in [-0.15, -0.1) is 0 Å². The van der Waals surface area contributed by atoms with Gasteiger partial charge < -0.3 is 14.2 Å². The normalized spacial score (nSPS) is 15.8. The second-order valence-corrected chi connectivity index (χ2v) is 11.8. The predicted molar refractivity (Wildman–Crippen MR) is 139 cm³/mol. The maximum Gasteiger partial charge on any atom is 0.228 e. The van der Waals surface area contributed by atoms with Crippen LogP contribution in [0.1, 0.15) is 49.9 Å². The number of carbonyl (C=O) groups is 1. The SMILES string of the molecule is CC(C)CC(=O)N(Cc1cnc(S(=O)(=O)Cc2ccccc2F)n1Cc1ccccc1)C[C@@H]1CCCO1. The fourth-order valence-corrected chi connectivity index (χ4v) is 6.05. The molecule has 1 aliphatic rings. The van der Waals surface area contributed by atoms with E-state index in [-0.39, 0.29) is 41.7 Å². The second-order valence-electron chi connectivity index (χ2n) is 9.96. The molecule has 3 aromatic rings. The first-order valence-corrected chi connectivity index (χ1v) is 14.3. The average molecular weight is 528 g/mol. The Kier molecular flexibility index (Phi) is 8.76. The van der Waals surface area contributed by atoms with Crippen molar-refractivity contribution in [3.05, 3.63) is 83.4 Å². The van der Waals surface area contributed by atoms with Crippen LogP contribution in [0, 0.1) is 11.7 Å². The summed E-state index contributed by atoms with van der Waals surface area (Å²) in [5.41, 5.74) is 1.58. The number of aromatic nitrogens is 2. The maximum absolute atomic E-state index is 14.3. The van der Waals surface area contributed by atoms with Crippen molar-refractivity contribution in [3.8, 4) is 0 Å². The minimum atomic E-state index is -3.98. The van der Waals surface area contributed by atoms with Crippen LogP contribution in [0.4, 0.5) is 4.39 Å². The highest BCUT2D eigenvalue weighted by atomic mass is 32.2. The number of ether oxygens (including phenoxy) is 1. The van der Waals surface area contributed by atoms with Crippen molar-refractivity contribution in [2.75, 3.05) is 13.2 Å². The van der Waals surface area contributed by atoms with Gasteiger partial charge in [0.1, 0.15) is 5.82 Å². The van der Waals surface area contributed by atoms with Gasteiger partial charge in [-0.3, -0.25) is 4.79 Å². The first kappa shape index (κ1) is 27.0. The van der Waals surface area contributed by atoms with Crippen molar-refractivity contribution >= 4 is 15.7 Å². The third-order valence-corrected chi connectivity index (χ3v) is 7.98. The Hall–Kier alpha value is -3.04. The monoisotopic (exact) mass is 527 g/mol. The van der Waals surface area contributed by atoms with Crippen LogP contribution in [0.2, 0.25) is 0 Å². The van der Waals surface area contributed by atoms with E-state index in [0.29, 0.717) is 25.3 Å². The molecule has 0 aliphatic carbocycles. The predicted octanol–water partition coefficient (Wildman–Crippen LogP) is 4.60. The zero-order valence-corrected chi connectivity index (χ0v) is 22.2. The lowest BCUT2D eigenvalue weighted by Gasteiger charge is -2.27. The van der Waals surface area contributed by atoms with E-state index in [2.05, 4.69) is 4.98 Å². The average Bonchev–Trinajstić information content (AvgIpc) is 3.51. The fraction of sp³-hybridized carbons (Fsp3) is 0.429. The first-order valence-electron chi connectivity index (χ1n) is 12.7. The molecule has 2 aromatic carbocycles. The Morgan fingerprint density at radius 2 is 1.89 bits per heavy atom. The maximum atomic E-state index is 14.3. The number of imidazole rings is 1. The van der Waals surface area contributed by atoms with E-state index in [0.717, 1.165) is 18.4 Å². The zero-order valence-electron chi connectivity index (χ0n) is 21.3. The molecule has 2 heterocycles. The molecule has 1 saturated heterocycles. The van der Waals surface area contributed by atoms with E-state index in [9.17, 15) is 17.6 Å². The molecular weight excluding hydrogens is 493 g/mol. The molecule has 0 saturated carbocycles. The van der Waals surface area contributed by atoms with E-state index in [1.54, 1.807) is 15.5 Å². The number of hydrogen-bond acceptors (Lipinski definition) is 5. The van der Waals surface area contributed by atoms with Gasteiger partial charge in [-0.2, -0.15) is 0 Å². The molecular formula is C28H34FN3O4S. The highest BCUT2D eigenvalue weighted by Crippen LogP contribution is 2.23. The molecule has 1 aliphatic heterocycles. The lowest BCUT2D eigenvalue weighted by Crippen LogP contribution is -2.38. The second kappa shape index (κ2) is 12.0.